The smallest absolute Gasteiger partial charge is 0.191 e. The third-order valence-electron chi connectivity index (χ3n) is 5.11. The van der Waals surface area contributed by atoms with E-state index in [2.05, 4.69) is 41.9 Å². The Balaban J connectivity index is 1.63. The molecule has 2 saturated heterocycles. The minimum Gasteiger partial charge on any atom is -0.493 e. The van der Waals surface area contributed by atoms with Crippen molar-refractivity contribution in [2.24, 2.45) is 22.6 Å². The molecule has 0 radical (unpaired) electrons. The number of likely N-dealkylation sites (tertiary alicyclic amines) is 1. The van der Waals surface area contributed by atoms with Gasteiger partial charge in [-0.05, 0) is 43.7 Å². The fourth-order valence-corrected chi connectivity index (χ4v) is 3.51. The number of guanidine groups is 1. The van der Waals surface area contributed by atoms with Gasteiger partial charge in [0.15, 0.2) is 5.96 Å². The van der Waals surface area contributed by atoms with Crippen molar-refractivity contribution in [3.63, 3.8) is 0 Å². The molecule has 2 heterocycles. The standard InChI is InChI=1S/C20H31N3O2/c1-15-5-6-18(19(10-15)25-14-17-7-9-24-13-17)11-22-20(21)23-8-3-4-16(2)12-23/h5-6,10,16-17H,3-4,7-9,11-14H2,1-2H3,(H2,21,22). The van der Waals surface area contributed by atoms with Crippen LogP contribution in [0.1, 0.15) is 37.3 Å². The number of nitrogens with zero attached hydrogens (tertiary/aromatic N) is 2. The highest BCUT2D eigenvalue weighted by atomic mass is 16.5. The zero-order valence-corrected chi connectivity index (χ0v) is 15.5. The lowest BCUT2D eigenvalue weighted by molar-refractivity contribution is 0.166. The molecular weight excluding hydrogens is 314 g/mol. The second-order valence-corrected chi connectivity index (χ2v) is 7.52. The van der Waals surface area contributed by atoms with Gasteiger partial charge in [0.2, 0.25) is 0 Å². The second-order valence-electron chi connectivity index (χ2n) is 7.52. The summed E-state index contributed by atoms with van der Waals surface area (Å²) in [6.07, 6.45) is 3.56. The van der Waals surface area contributed by atoms with Gasteiger partial charge in [0.1, 0.15) is 5.75 Å². The number of hydrogen-bond acceptors (Lipinski definition) is 3. The van der Waals surface area contributed by atoms with E-state index in [1.165, 1.54) is 18.4 Å². The number of hydrogen-bond donors (Lipinski definition) is 1. The van der Waals surface area contributed by atoms with Crippen LogP contribution in [0.2, 0.25) is 0 Å². The van der Waals surface area contributed by atoms with Gasteiger partial charge in [-0.15, -0.1) is 0 Å². The highest BCUT2D eigenvalue weighted by Gasteiger charge is 2.19. The molecule has 0 bridgehead atoms. The van der Waals surface area contributed by atoms with Crippen molar-refractivity contribution in [2.75, 3.05) is 32.9 Å². The minimum absolute atomic E-state index is 0.497. The summed E-state index contributed by atoms with van der Waals surface area (Å²) in [6.45, 7) is 9.31. The van der Waals surface area contributed by atoms with E-state index in [0.29, 0.717) is 30.9 Å². The number of aryl methyl sites for hydroxylation is 1. The SMILES string of the molecule is Cc1ccc(CN=C(N)N2CCCC(C)C2)c(OCC2CCOC2)c1. The predicted octanol–water partition coefficient (Wildman–Crippen LogP) is 2.96. The van der Waals surface area contributed by atoms with E-state index < -0.39 is 0 Å². The zero-order chi connectivity index (χ0) is 17.6. The van der Waals surface area contributed by atoms with Crippen LogP contribution in [0.15, 0.2) is 23.2 Å². The number of benzene rings is 1. The third kappa shape index (κ3) is 5.11. The van der Waals surface area contributed by atoms with E-state index in [-0.39, 0.29) is 0 Å². The van der Waals surface area contributed by atoms with Crippen molar-refractivity contribution in [1.82, 2.24) is 4.90 Å². The molecule has 5 nitrogen and oxygen atoms in total. The lowest BCUT2D eigenvalue weighted by Gasteiger charge is -2.31. The van der Waals surface area contributed by atoms with E-state index in [0.717, 1.165) is 44.0 Å². The lowest BCUT2D eigenvalue weighted by Crippen LogP contribution is -2.43. The van der Waals surface area contributed by atoms with Crippen molar-refractivity contribution in [3.05, 3.63) is 29.3 Å². The zero-order valence-electron chi connectivity index (χ0n) is 15.5. The molecular formula is C20H31N3O2. The largest absolute Gasteiger partial charge is 0.493 e. The Hall–Kier alpha value is -1.75. The van der Waals surface area contributed by atoms with E-state index in [1.807, 2.05) is 0 Å². The van der Waals surface area contributed by atoms with Crippen molar-refractivity contribution >= 4 is 5.96 Å². The fourth-order valence-electron chi connectivity index (χ4n) is 3.51. The van der Waals surface area contributed by atoms with Gasteiger partial charge in [-0.3, -0.25) is 0 Å². The van der Waals surface area contributed by atoms with E-state index in [4.69, 9.17) is 15.2 Å². The molecule has 5 heteroatoms. The van der Waals surface area contributed by atoms with Gasteiger partial charge in [-0.1, -0.05) is 19.1 Å². The number of nitrogens with two attached hydrogens (primary N) is 1. The van der Waals surface area contributed by atoms with Crippen LogP contribution < -0.4 is 10.5 Å². The van der Waals surface area contributed by atoms with Crippen molar-refractivity contribution in [1.29, 1.82) is 0 Å². The Morgan fingerprint density at radius 3 is 3.04 bits per heavy atom. The van der Waals surface area contributed by atoms with Gasteiger partial charge >= 0.3 is 0 Å². The second kappa shape index (κ2) is 8.56. The van der Waals surface area contributed by atoms with Crippen LogP contribution >= 0.6 is 0 Å². The number of aliphatic imine (C=N–C) groups is 1. The molecule has 0 spiro atoms. The van der Waals surface area contributed by atoms with Crippen LogP contribution in [0, 0.1) is 18.8 Å². The Morgan fingerprint density at radius 2 is 2.28 bits per heavy atom. The monoisotopic (exact) mass is 345 g/mol. The fraction of sp³-hybridized carbons (Fsp3) is 0.650. The maximum Gasteiger partial charge on any atom is 0.191 e. The van der Waals surface area contributed by atoms with Gasteiger partial charge in [0.25, 0.3) is 0 Å². The van der Waals surface area contributed by atoms with Crippen molar-refractivity contribution < 1.29 is 9.47 Å². The molecule has 2 aliphatic rings. The molecule has 2 fully saturated rings. The Kier molecular flexibility index (Phi) is 6.19. The summed E-state index contributed by atoms with van der Waals surface area (Å²) in [6, 6.07) is 6.31. The quantitative estimate of drug-likeness (QED) is 0.658. The summed E-state index contributed by atoms with van der Waals surface area (Å²) in [7, 11) is 0. The molecule has 0 saturated carbocycles. The van der Waals surface area contributed by atoms with Gasteiger partial charge in [0, 0.05) is 31.2 Å². The van der Waals surface area contributed by atoms with Crippen LogP contribution in [0.25, 0.3) is 0 Å². The number of ether oxygens (including phenoxy) is 2. The Morgan fingerprint density at radius 1 is 1.40 bits per heavy atom. The maximum atomic E-state index is 6.23. The van der Waals surface area contributed by atoms with E-state index in [9.17, 15) is 0 Å². The highest BCUT2D eigenvalue weighted by molar-refractivity contribution is 5.78. The van der Waals surface area contributed by atoms with Crippen LogP contribution in [0.5, 0.6) is 5.75 Å². The molecule has 1 aromatic carbocycles. The molecule has 3 rings (SSSR count). The molecule has 1 aromatic rings. The average Bonchev–Trinajstić information content (AvgIpc) is 3.12. The molecule has 2 atom stereocenters. The first-order valence-electron chi connectivity index (χ1n) is 9.46. The summed E-state index contributed by atoms with van der Waals surface area (Å²) in [4.78, 5) is 6.85. The number of piperidine rings is 1. The van der Waals surface area contributed by atoms with Crippen molar-refractivity contribution in [3.8, 4) is 5.75 Å². The molecule has 0 aliphatic carbocycles. The summed E-state index contributed by atoms with van der Waals surface area (Å²) in [5.74, 6) is 2.77. The van der Waals surface area contributed by atoms with Crippen molar-refractivity contribution in [2.45, 2.75) is 39.7 Å². The molecule has 2 unspecified atom stereocenters. The van der Waals surface area contributed by atoms with Gasteiger partial charge in [0.05, 0.1) is 19.8 Å². The first kappa shape index (κ1) is 18.1. The van der Waals surface area contributed by atoms with E-state index >= 15 is 0 Å². The van der Waals surface area contributed by atoms with Crippen LogP contribution in [-0.2, 0) is 11.3 Å². The molecule has 25 heavy (non-hydrogen) atoms. The summed E-state index contributed by atoms with van der Waals surface area (Å²) < 4.78 is 11.5. The highest BCUT2D eigenvalue weighted by Crippen LogP contribution is 2.24. The van der Waals surface area contributed by atoms with Crippen LogP contribution in [0.3, 0.4) is 0 Å². The minimum atomic E-state index is 0.497. The summed E-state index contributed by atoms with van der Waals surface area (Å²) in [5, 5.41) is 0. The topological polar surface area (TPSA) is 60.1 Å². The molecule has 2 N–H and O–H groups in total. The molecule has 0 amide bonds. The summed E-state index contributed by atoms with van der Waals surface area (Å²) >= 11 is 0. The number of rotatable bonds is 5. The van der Waals surface area contributed by atoms with Gasteiger partial charge in [-0.2, -0.15) is 0 Å². The Bertz CT molecular complexity index is 597. The first-order chi connectivity index (χ1) is 12.1. The van der Waals surface area contributed by atoms with Crippen LogP contribution in [-0.4, -0.2) is 43.8 Å². The van der Waals surface area contributed by atoms with Crippen LogP contribution in [0.4, 0.5) is 0 Å². The summed E-state index contributed by atoms with van der Waals surface area (Å²) in [5.41, 5.74) is 8.52. The Labute approximate surface area is 151 Å². The predicted molar refractivity (Wildman–Crippen MR) is 101 cm³/mol. The van der Waals surface area contributed by atoms with Gasteiger partial charge < -0.3 is 20.1 Å². The lowest BCUT2D eigenvalue weighted by atomic mass is 10.0. The third-order valence-corrected chi connectivity index (χ3v) is 5.11. The van der Waals surface area contributed by atoms with E-state index in [1.54, 1.807) is 0 Å². The molecule has 0 aromatic heterocycles. The first-order valence-corrected chi connectivity index (χ1v) is 9.46. The molecule has 138 valence electrons. The van der Waals surface area contributed by atoms with Gasteiger partial charge in [-0.25, -0.2) is 4.99 Å². The maximum absolute atomic E-state index is 6.23. The molecule has 2 aliphatic heterocycles. The normalized spacial score (nSPS) is 24.6. The average molecular weight is 345 g/mol.